The van der Waals surface area contributed by atoms with E-state index in [0.717, 1.165) is 17.7 Å². The lowest BCUT2D eigenvalue weighted by molar-refractivity contribution is -0.214. The van der Waals surface area contributed by atoms with Crippen molar-refractivity contribution >= 4 is 23.5 Å². The van der Waals surface area contributed by atoms with Gasteiger partial charge in [0.15, 0.2) is 0 Å². The van der Waals surface area contributed by atoms with Gasteiger partial charge in [0.1, 0.15) is 0 Å². The quantitative estimate of drug-likeness (QED) is 0.357. The van der Waals surface area contributed by atoms with Gasteiger partial charge in [-0.05, 0) is 30.4 Å². The summed E-state index contributed by atoms with van der Waals surface area (Å²) >= 11 is 0. The SMILES string of the molecule is CC[C@](N)(OC(=O)C(F)(F)F)C(=O)N[C@H](/C=C/C(=O)N1CCc2ccccc21)CC(C)C. The molecule has 1 heterocycles. The monoisotopic (exact) mass is 455 g/mol. The zero-order valence-electron chi connectivity index (χ0n) is 18.2. The molecule has 1 aromatic rings. The summed E-state index contributed by atoms with van der Waals surface area (Å²) in [6.07, 6.45) is -1.74. The number of rotatable bonds is 8. The van der Waals surface area contributed by atoms with Crippen LogP contribution in [0.5, 0.6) is 0 Å². The number of nitrogens with one attached hydrogen (secondary N) is 1. The van der Waals surface area contributed by atoms with Crippen LogP contribution in [0.3, 0.4) is 0 Å². The molecule has 1 aliphatic rings. The molecule has 0 fully saturated rings. The molecule has 3 N–H and O–H groups in total. The fraction of sp³-hybridized carbons (Fsp3) is 0.500. The van der Waals surface area contributed by atoms with E-state index in [4.69, 9.17) is 5.73 Å². The number of halogens is 3. The van der Waals surface area contributed by atoms with Gasteiger partial charge in [-0.15, -0.1) is 0 Å². The largest absolute Gasteiger partial charge is 0.491 e. The fourth-order valence-electron chi connectivity index (χ4n) is 3.34. The predicted octanol–water partition coefficient (Wildman–Crippen LogP) is 2.83. The molecule has 32 heavy (non-hydrogen) atoms. The molecule has 2 atom stereocenters. The van der Waals surface area contributed by atoms with Crippen LogP contribution in [0, 0.1) is 5.92 Å². The van der Waals surface area contributed by atoms with E-state index in [2.05, 4.69) is 10.1 Å². The average Bonchev–Trinajstić information content (AvgIpc) is 3.14. The van der Waals surface area contributed by atoms with Crippen molar-refractivity contribution in [2.45, 2.75) is 58.0 Å². The van der Waals surface area contributed by atoms with Gasteiger partial charge in [-0.3, -0.25) is 15.3 Å². The molecule has 0 unspecified atom stereocenters. The molecule has 0 bridgehead atoms. The number of benzene rings is 1. The Hall–Kier alpha value is -2.88. The van der Waals surface area contributed by atoms with Crippen LogP contribution >= 0.6 is 0 Å². The highest BCUT2D eigenvalue weighted by Crippen LogP contribution is 2.27. The van der Waals surface area contributed by atoms with E-state index in [-0.39, 0.29) is 18.2 Å². The van der Waals surface area contributed by atoms with Gasteiger partial charge in [-0.25, -0.2) is 4.79 Å². The lowest BCUT2D eigenvalue weighted by Crippen LogP contribution is -2.59. The second-order valence-corrected chi connectivity index (χ2v) is 8.07. The van der Waals surface area contributed by atoms with Crippen LogP contribution in [0.25, 0.3) is 0 Å². The smallest absolute Gasteiger partial charge is 0.428 e. The number of hydrogen-bond donors (Lipinski definition) is 2. The van der Waals surface area contributed by atoms with Crippen molar-refractivity contribution in [3.05, 3.63) is 42.0 Å². The van der Waals surface area contributed by atoms with Crippen LogP contribution in [0.4, 0.5) is 18.9 Å². The normalized spacial score (nSPS) is 16.6. The molecule has 0 aliphatic carbocycles. The molecular formula is C22H28F3N3O4. The summed E-state index contributed by atoms with van der Waals surface area (Å²) in [5, 5.41) is 2.50. The Morgan fingerprint density at radius 3 is 2.50 bits per heavy atom. The number of alkyl halides is 3. The molecule has 1 aliphatic heterocycles. The first-order valence-corrected chi connectivity index (χ1v) is 10.3. The highest BCUT2D eigenvalue weighted by molar-refractivity contribution is 6.03. The van der Waals surface area contributed by atoms with E-state index in [9.17, 15) is 27.6 Å². The molecular weight excluding hydrogens is 427 g/mol. The summed E-state index contributed by atoms with van der Waals surface area (Å²) in [5.41, 5.74) is 5.06. The first-order valence-electron chi connectivity index (χ1n) is 10.3. The number of fused-ring (bicyclic) bond motifs is 1. The number of nitrogens with two attached hydrogens (primary N) is 1. The molecule has 2 amide bonds. The van der Waals surface area contributed by atoms with Crippen LogP contribution in [0.2, 0.25) is 0 Å². The van der Waals surface area contributed by atoms with E-state index in [0.29, 0.717) is 13.0 Å². The number of hydrogen-bond acceptors (Lipinski definition) is 5. The lowest BCUT2D eigenvalue weighted by Gasteiger charge is -2.29. The summed E-state index contributed by atoms with van der Waals surface area (Å²) < 4.78 is 42.0. The van der Waals surface area contributed by atoms with Crippen LogP contribution in [-0.4, -0.2) is 42.3 Å². The maximum Gasteiger partial charge on any atom is 0.491 e. The third kappa shape index (κ3) is 6.32. The van der Waals surface area contributed by atoms with Gasteiger partial charge in [0.2, 0.25) is 5.72 Å². The molecule has 10 heteroatoms. The second-order valence-electron chi connectivity index (χ2n) is 8.07. The van der Waals surface area contributed by atoms with Gasteiger partial charge in [-0.2, -0.15) is 13.2 Å². The fourth-order valence-corrected chi connectivity index (χ4v) is 3.34. The maximum atomic E-state index is 12.7. The van der Waals surface area contributed by atoms with Gasteiger partial charge < -0.3 is 15.0 Å². The van der Waals surface area contributed by atoms with E-state index in [1.807, 2.05) is 38.1 Å². The Kier molecular flexibility index (Phi) is 8.06. The maximum absolute atomic E-state index is 12.7. The summed E-state index contributed by atoms with van der Waals surface area (Å²) in [5.74, 6) is -3.82. The highest BCUT2D eigenvalue weighted by atomic mass is 19.4. The Labute approximate surface area is 184 Å². The molecule has 0 aromatic heterocycles. The van der Waals surface area contributed by atoms with Crippen molar-refractivity contribution in [2.24, 2.45) is 11.7 Å². The van der Waals surface area contributed by atoms with Crippen molar-refractivity contribution < 1.29 is 32.3 Å². The number of para-hydroxylation sites is 1. The summed E-state index contributed by atoms with van der Waals surface area (Å²) in [7, 11) is 0. The van der Waals surface area contributed by atoms with Gasteiger partial charge in [0.05, 0.1) is 0 Å². The van der Waals surface area contributed by atoms with Crippen molar-refractivity contribution in [1.82, 2.24) is 5.32 Å². The summed E-state index contributed by atoms with van der Waals surface area (Å²) in [6, 6.07) is 6.82. The minimum Gasteiger partial charge on any atom is -0.428 e. The zero-order chi connectivity index (χ0) is 24.1. The second kappa shape index (κ2) is 10.2. The standard InChI is InChI=1S/C22H28F3N3O4/c1-4-21(26,32-20(31)22(23,24)25)19(30)27-16(13-14(2)3)9-10-18(29)28-12-11-15-7-5-6-8-17(15)28/h5-10,14,16H,4,11-13,26H2,1-3H3,(H,27,30)/b10-9+/t16-,21+/m1/s1. The molecule has 7 nitrogen and oxygen atoms in total. The van der Waals surface area contributed by atoms with E-state index >= 15 is 0 Å². The Bertz CT molecular complexity index is 885. The Balaban J connectivity index is 2.13. The van der Waals surface area contributed by atoms with Crippen molar-refractivity contribution in [3.8, 4) is 0 Å². The average molecular weight is 455 g/mol. The minimum atomic E-state index is -5.28. The van der Waals surface area contributed by atoms with Crippen LogP contribution < -0.4 is 16.0 Å². The van der Waals surface area contributed by atoms with Crippen molar-refractivity contribution in [2.75, 3.05) is 11.4 Å². The Morgan fingerprint density at radius 2 is 1.91 bits per heavy atom. The molecule has 2 rings (SSSR count). The van der Waals surface area contributed by atoms with Crippen molar-refractivity contribution in [3.63, 3.8) is 0 Å². The first kappa shape index (κ1) is 25.4. The third-order valence-corrected chi connectivity index (χ3v) is 5.08. The number of ether oxygens (including phenoxy) is 1. The summed E-state index contributed by atoms with van der Waals surface area (Å²) in [4.78, 5) is 38.1. The van der Waals surface area contributed by atoms with Crippen LogP contribution in [0.1, 0.15) is 39.2 Å². The number of carbonyl (C=O) groups is 3. The highest BCUT2D eigenvalue weighted by Gasteiger charge is 2.47. The lowest BCUT2D eigenvalue weighted by atomic mass is 10.0. The first-order chi connectivity index (χ1) is 14.9. The molecule has 0 saturated carbocycles. The van der Waals surface area contributed by atoms with E-state index in [1.54, 1.807) is 4.90 Å². The minimum absolute atomic E-state index is 0.0825. The van der Waals surface area contributed by atoms with Gasteiger partial charge >= 0.3 is 12.1 Å². The van der Waals surface area contributed by atoms with Gasteiger partial charge in [0.25, 0.3) is 11.8 Å². The number of nitrogens with zero attached hydrogens (tertiary/aromatic N) is 1. The van der Waals surface area contributed by atoms with Gasteiger partial charge in [0, 0.05) is 30.8 Å². The van der Waals surface area contributed by atoms with Crippen LogP contribution in [-0.2, 0) is 25.5 Å². The van der Waals surface area contributed by atoms with E-state index in [1.165, 1.54) is 19.1 Å². The number of carbonyl (C=O) groups excluding carboxylic acids is 3. The predicted molar refractivity (Wildman–Crippen MR) is 112 cm³/mol. The molecule has 0 saturated heterocycles. The third-order valence-electron chi connectivity index (χ3n) is 5.08. The number of amides is 2. The topological polar surface area (TPSA) is 102 Å². The number of esters is 1. The zero-order valence-corrected chi connectivity index (χ0v) is 18.2. The molecule has 176 valence electrons. The summed E-state index contributed by atoms with van der Waals surface area (Å²) in [6.45, 7) is 5.61. The molecule has 0 radical (unpaired) electrons. The number of anilines is 1. The van der Waals surface area contributed by atoms with E-state index < -0.39 is 29.8 Å². The van der Waals surface area contributed by atoms with Gasteiger partial charge in [-0.1, -0.05) is 45.0 Å². The van der Waals surface area contributed by atoms with Crippen LogP contribution in [0.15, 0.2) is 36.4 Å². The molecule has 0 spiro atoms. The Morgan fingerprint density at radius 1 is 1.25 bits per heavy atom. The van der Waals surface area contributed by atoms with Crippen molar-refractivity contribution in [1.29, 1.82) is 0 Å². The molecule has 1 aromatic carbocycles.